The van der Waals surface area contributed by atoms with Crippen LogP contribution in [0.25, 0.3) is 16.3 Å². The molecule has 190 valence electrons. The summed E-state index contributed by atoms with van der Waals surface area (Å²) in [5.74, 6) is 1.42. The van der Waals surface area contributed by atoms with Crippen molar-refractivity contribution in [3.8, 4) is 5.75 Å². The molecule has 1 amide bonds. The molecule has 37 heavy (non-hydrogen) atoms. The molecule has 0 bridgehead atoms. The second kappa shape index (κ2) is 9.85. The quantitative estimate of drug-likeness (QED) is 0.244. The van der Waals surface area contributed by atoms with Crippen molar-refractivity contribution >= 4 is 39.5 Å². The van der Waals surface area contributed by atoms with Crippen LogP contribution in [-0.4, -0.2) is 41.5 Å². The zero-order chi connectivity index (χ0) is 26.3. The average molecular weight is 495 g/mol. The molecule has 0 unspecified atom stereocenters. The van der Waals surface area contributed by atoms with E-state index in [0.29, 0.717) is 18.1 Å². The molecule has 6 heteroatoms. The number of hydrogen-bond acceptors (Lipinski definition) is 4. The van der Waals surface area contributed by atoms with Crippen molar-refractivity contribution < 1.29 is 9.53 Å². The summed E-state index contributed by atoms with van der Waals surface area (Å²) in [4.78, 5) is 17.5. The van der Waals surface area contributed by atoms with Crippen molar-refractivity contribution in [1.82, 2.24) is 4.90 Å². The van der Waals surface area contributed by atoms with Crippen molar-refractivity contribution in [3.63, 3.8) is 0 Å². The van der Waals surface area contributed by atoms with Crippen LogP contribution in [0, 0.1) is 10.8 Å². The van der Waals surface area contributed by atoms with Gasteiger partial charge in [0.05, 0.1) is 18.1 Å². The van der Waals surface area contributed by atoms with Crippen molar-refractivity contribution in [2.75, 3.05) is 18.0 Å². The monoisotopic (exact) mass is 494 g/mol. The molecule has 3 aromatic rings. The number of hydrogen-bond donors (Lipinski definition) is 2. The molecule has 0 atom stereocenters. The van der Waals surface area contributed by atoms with E-state index in [0.717, 1.165) is 76.0 Å². The molecule has 0 aromatic heterocycles. The minimum absolute atomic E-state index is 0.0195. The first-order valence-corrected chi connectivity index (χ1v) is 12.9. The maximum Gasteiger partial charge on any atom is 0.259 e. The summed E-state index contributed by atoms with van der Waals surface area (Å²) in [5.41, 5.74) is 6.07. The van der Waals surface area contributed by atoms with Gasteiger partial charge in [0.15, 0.2) is 0 Å². The summed E-state index contributed by atoms with van der Waals surface area (Å²) in [5, 5.41) is 18.0. The SMILES string of the molecule is CC(=N)c1ccc2ccc(CN3C(=O)C(=C(C)C)c4cc(OC5CCN(C(C)=N)CC5)ccc43)cc2c1. The number of anilines is 1. The number of rotatable bonds is 5. The summed E-state index contributed by atoms with van der Waals surface area (Å²) in [7, 11) is 0. The fourth-order valence-corrected chi connectivity index (χ4v) is 5.34. The fourth-order valence-electron chi connectivity index (χ4n) is 5.34. The van der Waals surface area contributed by atoms with Crippen LogP contribution in [0.5, 0.6) is 5.75 Å². The highest BCUT2D eigenvalue weighted by atomic mass is 16.5. The number of allylic oxidation sites excluding steroid dienone is 1. The molecule has 2 N–H and O–H groups in total. The highest BCUT2D eigenvalue weighted by Crippen LogP contribution is 2.41. The van der Waals surface area contributed by atoms with Gasteiger partial charge in [-0.05, 0) is 79.9 Å². The van der Waals surface area contributed by atoms with Gasteiger partial charge >= 0.3 is 0 Å². The number of benzene rings is 3. The van der Waals surface area contributed by atoms with Crippen molar-refractivity contribution in [1.29, 1.82) is 10.8 Å². The van der Waals surface area contributed by atoms with Gasteiger partial charge in [-0.2, -0.15) is 0 Å². The van der Waals surface area contributed by atoms with E-state index in [9.17, 15) is 4.79 Å². The van der Waals surface area contributed by atoms with E-state index in [1.807, 2.05) is 62.1 Å². The number of piperidine rings is 1. The van der Waals surface area contributed by atoms with Gasteiger partial charge in [0, 0.05) is 42.8 Å². The van der Waals surface area contributed by atoms with E-state index in [-0.39, 0.29) is 12.0 Å². The number of likely N-dealkylation sites (tertiary alicyclic amines) is 1. The number of nitrogens with zero attached hydrogens (tertiary/aromatic N) is 2. The number of ether oxygens (including phenoxy) is 1. The third kappa shape index (κ3) is 4.88. The van der Waals surface area contributed by atoms with E-state index < -0.39 is 0 Å². The summed E-state index contributed by atoms with van der Waals surface area (Å²) in [6.07, 6.45) is 1.88. The van der Waals surface area contributed by atoms with Crippen molar-refractivity contribution in [2.24, 2.45) is 0 Å². The van der Waals surface area contributed by atoms with Crippen LogP contribution >= 0.6 is 0 Å². The van der Waals surface area contributed by atoms with Gasteiger partial charge in [-0.3, -0.25) is 10.2 Å². The Morgan fingerprint density at radius 2 is 1.65 bits per heavy atom. The first-order chi connectivity index (χ1) is 17.7. The largest absolute Gasteiger partial charge is 0.490 e. The molecule has 1 saturated heterocycles. The van der Waals surface area contributed by atoms with Gasteiger partial charge in [0.1, 0.15) is 11.9 Å². The molecule has 1 fully saturated rings. The van der Waals surface area contributed by atoms with E-state index in [4.69, 9.17) is 15.6 Å². The molecular formula is C31H34N4O2. The minimum atomic E-state index is 0.0195. The average Bonchev–Trinajstić information content (AvgIpc) is 3.14. The second-order valence-electron chi connectivity index (χ2n) is 10.4. The van der Waals surface area contributed by atoms with Crippen LogP contribution < -0.4 is 9.64 Å². The number of fused-ring (bicyclic) bond motifs is 2. The molecule has 2 aliphatic rings. The molecule has 3 aromatic carbocycles. The van der Waals surface area contributed by atoms with Gasteiger partial charge in [0.25, 0.3) is 5.91 Å². The number of carbonyl (C=O) groups is 1. The summed E-state index contributed by atoms with van der Waals surface area (Å²) in [6, 6.07) is 18.3. The molecule has 0 spiro atoms. The zero-order valence-corrected chi connectivity index (χ0v) is 22.0. The molecule has 6 nitrogen and oxygen atoms in total. The Hall–Kier alpha value is -3.93. The topological polar surface area (TPSA) is 80.5 Å². The van der Waals surface area contributed by atoms with E-state index >= 15 is 0 Å². The van der Waals surface area contributed by atoms with Gasteiger partial charge in [-0.25, -0.2) is 0 Å². The summed E-state index contributed by atoms with van der Waals surface area (Å²) in [6.45, 7) is 9.75. The van der Waals surface area contributed by atoms with Crippen LogP contribution in [0.15, 0.2) is 60.2 Å². The Morgan fingerprint density at radius 3 is 2.32 bits per heavy atom. The molecule has 2 heterocycles. The maximum absolute atomic E-state index is 13.6. The molecule has 0 saturated carbocycles. The van der Waals surface area contributed by atoms with Crippen LogP contribution in [-0.2, 0) is 11.3 Å². The van der Waals surface area contributed by atoms with Crippen LogP contribution in [0.1, 0.15) is 57.2 Å². The highest BCUT2D eigenvalue weighted by Gasteiger charge is 2.34. The lowest BCUT2D eigenvalue weighted by Crippen LogP contribution is -2.40. The Bertz CT molecular complexity index is 1440. The molecule has 0 aliphatic carbocycles. The van der Waals surface area contributed by atoms with Gasteiger partial charge in [0.2, 0.25) is 0 Å². The molecule has 2 aliphatic heterocycles. The number of amides is 1. The lowest BCUT2D eigenvalue weighted by molar-refractivity contribution is -0.113. The first kappa shape index (κ1) is 24.8. The lowest BCUT2D eigenvalue weighted by Gasteiger charge is -2.32. The Kier molecular flexibility index (Phi) is 6.59. The maximum atomic E-state index is 13.6. The standard InChI is InChI=1S/C31H34N4O2/c1-19(2)30-28-17-27(37-26-11-13-34(14-12-26)21(4)33)9-10-29(28)35(31(30)36)18-22-5-6-23-7-8-24(20(3)32)16-25(23)15-22/h5-10,15-17,26,32-33H,11-14,18H2,1-4H3. The fraction of sp³-hybridized carbons (Fsp3) is 0.323. The van der Waals surface area contributed by atoms with Crippen LogP contribution in [0.2, 0.25) is 0 Å². The van der Waals surface area contributed by atoms with Gasteiger partial charge in [-0.15, -0.1) is 0 Å². The van der Waals surface area contributed by atoms with Crippen molar-refractivity contribution in [3.05, 3.63) is 76.9 Å². The number of carbonyl (C=O) groups excluding carboxylic acids is 1. The Balaban J connectivity index is 1.41. The van der Waals surface area contributed by atoms with E-state index in [2.05, 4.69) is 23.1 Å². The third-order valence-corrected chi connectivity index (χ3v) is 7.38. The highest BCUT2D eigenvalue weighted by molar-refractivity contribution is 6.33. The first-order valence-electron chi connectivity index (χ1n) is 12.9. The predicted molar refractivity (Wildman–Crippen MR) is 151 cm³/mol. The van der Waals surface area contributed by atoms with Gasteiger partial charge < -0.3 is 19.9 Å². The smallest absolute Gasteiger partial charge is 0.259 e. The molecular weight excluding hydrogens is 460 g/mol. The Labute approximate surface area is 218 Å². The summed E-state index contributed by atoms with van der Waals surface area (Å²) >= 11 is 0. The van der Waals surface area contributed by atoms with Crippen LogP contribution in [0.3, 0.4) is 0 Å². The second-order valence-corrected chi connectivity index (χ2v) is 10.4. The van der Waals surface area contributed by atoms with E-state index in [1.165, 1.54) is 0 Å². The van der Waals surface area contributed by atoms with E-state index in [1.54, 1.807) is 6.92 Å². The summed E-state index contributed by atoms with van der Waals surface area (Å²) < 4.78 is 6.34. The van der Waals surface area contributed by atoms with Crippen molar-refractivity contribution in [2.45, 2.75) is 53.2 Å². The lowest BCUT2D eigenvalue weighted by atomic mass is 10.0. The van der Waals surface area contributed by atoms with Crippen LogP contribution in [0.4, 0.5) is 5.69 Å². The number of amidine groups is 1. The zero-order valence-electron chi connectivity index (χ0n) is 22.0. The predicted octanol–water partition coefficient (Wildman–Crippen LogP) is 6.41. The minimum Gasteiger partial charge on any atom is -0.490 e. The Morgan fingerprint density at radius 1 is 0.919 bits per heavy atom. The third-order valence-electron chi connectivity index (χ3n) is 7.38. The molecule has 5 rings (SSSR count). The normalized spacial score (nSPS) is 15.8. The van der Waals surface area contributed by atoms with Gasteiger partial charge in [-0.1, -0.05) is 29.8 Å². The number of nitrogens with one attached hydrogen (secondary N) is 2. The molecule has 0 radical (unpaired) electrons.